The zero-order valence-electron chi connectivity index (χ0n) is 23.3. The average molecular weight is 756 g/mol. The Morgan fingerprint density at radius 3 is 1.53 bits per heavy atom. The predicted octanol–water partition coefficient (Wildman–Crippen LogP) is 5.60. The minimum Gasteiger partial charge on any atom is -1.00 e. The lowest BCUT2D eigenvalue weighted by Gasteiger charge is -2.34. The fourth-order valence-electron chi connectivity index (χ4n) is 6.29. The number of hydrogen-bond acceptors (Lipinski definition) is 1. The number of rotatable bonds is 14. The van der Waals surface area contributed by atoms with Crippen molar-refractivity contribution >= 4 is 47.2 Å². The van der Waals surface area contributed by atoms with Crippen LogP contribution in [0.2, 0.25) is 0 Å². The van der Waals surface area contributed by atoms with Gasteiger partial charge in [0, 0.05) is 6.04 Å². The molecule has 3 aromatic rings. The van der Waals surface area contributed by atoms with Crippen LogP contribution in [0.4, 0.5) is 0 Å². The van der Waals surface area contributed by atoms with Gasteiger partial charge in [0.15, 0.2) is 0 Å². The van der Waals surface area contributed by atoms with Gasteiger partial charge < -0.3 is 28.9 Å². The molecular formula is C34H48I2NP. The zero-order chi connectivity index (χ0) is 24.9. The third-order valence-corrected chi connectivity index (χ3v) is 12.7. The Hall–Kier alpha value is -0.490. The second kappa shape index (κ2) is 18.8. The van der Waals surface area contributed by atoms with Crippen LogP contribution in [-0.2, 0) is 0 Å². The van der Waals surface area contributed by atoms with Crippen molar-refractivity contribution in [1.82, 2.24) is 4.90 Å². The van der Waals surface area contributed by atoms with Crippen LogP contribution < -0.4 is 39.9 Å². The molecule has 208 valence electrons. The van der Waals surface area contributed by atoms with Crippen molar-refractivity contribution in [2.24, 2.45) is 0 Å². The van der Waals surface area contributed by atoms with Gasteiger partial charge in [-0.05, 0) is 88.0 Å². The van der Waals surface area contributed by atoms with Gasteiger partial charge in [-0.1, -0.05) is 93.6 Å². The molecule has 1 fully saturated rings. The highest BCUT2D eigenvalue weighted by Crippen LogP contribution is 2.56. The highest BCUT2D eigenvalue weighted by Gasteiger charge is 2.44. The molecule has 1 aliphatic rings. The summed E-state index contributed by atoms with van der Waals surface area (Å²) in [7, 11) is -1.66. The van der Waals surface area contributed by atoms with Gasteiger partial charge in [-0.25, -0.2) is 0 Å². The fraction of sp³-hybridized carbons (Fsp3) is 0.471. The first-order chi connectivity index (χ1) is 17.8. The molecule has 0 bridgehead atoms. The smallest absolute Gasteiger partial charge is 0.112 e. The molecule has 0 N–H and O–H groups in total. The van der Waals surface area contributed by atoms with E-state index < -0.39 is 7.26 Å². The van der Waals surface area contributed by atoms with E-state index in [-0.39, 0.29) is 48.0 Å². The van der Waals surface area contributed by atoms with Crippen molar-refractivity contribution in [3.05, 3.63) is 91.0 Å². The Morgan fingerprint density at radius 2 is 1.05 bits per heavy atom. The van der Waals surface area contributed by atoms with E-state index in [1.54, 1.807) is 0 Å². The molecule has 0 unspecified atom stereocenters. The van der Waals surface area contributed by atoms with Crippen LogP contribution in [0.1, 0.15) is 77.6 Å². The normalized spacial score (nSPS) is 14.1. The van der Waals surface area contributed by atoms with Crippen molar-refractivity contribution in [2.75, 3.05) is 19.3 Å². The van der Waals surface area contributed by atoms with Gasteiger partial charge in [-0.2, -0.15) is 0 Å². The van der Waals surface area contributed by atoms with Gasteiger partial charge in [-0.3, -0.25) is 0 Å². The molecule has 38 heavy (non-hydrogen) atoms. The molecular weight excluding hydrogens is 707 g/mol. The van der Waals surface area contributed by atoms with E-state index in [1.165, 1.54) is 106 Å². The van der Waals surface area contributed by atoms with Crippen molar-refractivity contribution in [2.45, 2.75) is 83.6 Å². The number of hydrogen-bond donors (Lipinski definition) is 0. The van der Waals surface area contributed by atoms with Crippen LogP contribution in [0.25, 0.3) is 0 Å². The van der Waals surface area contributed by atoms with Crippen LogP contribution in [0.5, 0.6) is 0 Å². The molecule has 1 saturated carbocycles. The first-order valence-electron chi connectivity index (χ1n) is 14.6. The van der Waals surface area contributed by atoms with Gasteiger partial charge in [0.25, 0.3) is 0 Å². The summed E-state index contributed by atoms with van der Waals surface area (Å²) in [6.45, 7) is 4.95. The second-order valence-electron chi connectivity index (χ2n) is 10.6. The van der Waals surface area contributed by atoms with E-state index in [0.717, 1.165) is 6.04 Å². The molecule has 0 heterocycles. The SMILES string of the molecule is CCCN(CCCCCCC[P+](c1ccccc1)(c1ccccc1)c1ccccc1)C1CCCCC1.I.[I-]. The van der Waals surface area contributed by atoms with Crippen LogP contribution >= 0.6 is 31.2 Å². The summed E-state index contributed by atoms with van der Waals surface area (Å²) in [6.07, 6.45) is 16.5. The molecule has 0 atom stereocenters. The molecule has 3 aromatic carbocycles. The lowest BCUT2D eigenvalue weighted by molar-refractivity contribution is -0.00000745. The molecule has 1 aliphatic carbocycles. The summed E-state index contributed by atoms with van der Waals surface area (Å²) >= 11 is 0. The molecule has 0 saturated heterocycles. The maximum atomic E-state index is 2.83. The first kappa shape index (κ1) is 33.7. The summed E-state index contributed by atoms with van der Waals surface area (Å²) in [5.74, 6) is 0. The third kappa shape index (κ3) is 9.28. The summed E-state index contributed by atoms with van der Waals surface area (Å²) < 4.78 is 0. The number of nitrogens with zero attached hydrogens (tertiary/aromatic N) is 1. The Bertz CT molecular complexity index is 880. The van der Waals surface area contributed by atoms with E-state index in [2.05, 4.69) is 103 Å². The van der Waals surface area contributed by atoms with E-state index >= 15 is 0 Å². The van der Waals surface area contributed by atoms with Crippen molar-refractivity contribution < 1.29 is 24.0 Å². The molecule has 0 spiro atoms. The summed E-state index contributed by atoms with van der Waals surface area (Å²) in [6, 6.07) is 35.0. The molecule has 4 rings (SSSR count). The largest absolute Gasteiger partial charge is 1.00 e. The highest BCUT2D eigenvalue weighted by molar-refractivity contribution is 14.0. The van der Waals surface area contributed by atoms with Crippen molar-refractivity contribution in [1.29, 1.82) is 0 Å². The zero-order valence-corrected chi connectivity index (χ0v) is 28.7. The lowest BCUT2D eigenvalue weighted by Crippen LogP contribution is -3.00. The Labute approximate surface area is 268 Å². The predicted molar refractivity (Wildman–Crippen MR) is 177 cm³/mol. The number of benzene rings is 3. The van der Waals surface area contributed by atoms with E-state index in [4.69, 9.17) is 0 Å². The van der Waals surface area contributed by atoms with Crippen LogP contribution in [-0.4, -0.2) is 30.2 Å². The van der Waals surface area contributed by atoms with Gasteiger partial charge in [-0.15, -0.1) is 24.0 Å². The molecule has 1 nitrogen and oxygen atoms in total. The van der Waals surface area contributed by atoms with E-state index in [9.17, 15) is 0 Å². The van der Waals surface area contributed by atoms with Crippen LogP contribution in [0, 0.1) is 0 Å². The number of unbranched alkanes of at least 4 members (excludes halogenated alkanes) is 4. The topological polar surface area (TPSA) is 3.24 Å². The van der Waals surface area contributed by atoms with Gasteiger partial charge in [0.2, 0.25) is 0 Å². The number of halogens is 2. The maximum Gasteiger partial charge on any atom is 0.112 e. The fourth-order valence-corrected chi connectivity index (χ4v) is 10.7. The molecule has 4 heteroatoms. The van der Waals surface area contributed by atoms with Gasteiger partial charge in [0.1, 0.15) is 23.2 Å². The minimum absolute atomic E-state index is 0. The quantitative estimate of drug-likeness (QED) is 0.118. The maximum absolute atomic E-state index is 2.83. The van der Waals surface area contributed by atoms with Gasteiger partial charge >= 0.3 is 0 Å². The minimum atomic E-state index is -1.66. The second-order valence-corrected chi connectivity index (χ2v) is 14.3. The summed E-state index contributed by atoms with van der Waals surface area (Å²) in [4.78, 5) is 2.83. The Balaban J connectivity index is 0.00000253. The summed E-state index contributed by atoms with van der Waals surface area (Å²) in [5.41, 5.74) is 0. The van der Waals surface area contributed by atoms with Crippen LogP contribution in [0.15, 0.2) is 91.0 Å². The molecule has 0 aromatic heterocycles. The first-order valence-corrected chi connectivity index (χ1v) is 16.6. The molecule has 0 aliphatic heterocycles. The average Bonchev–Trinajstić information content (AvgIpc) is 2.96. The lowest BCUT2D eigenvalue weighted by atomic mass is 9.94. The van der Waals surface area contributed by atoms with E-state index in [1.807, 2.05) is 0 Å². The third-order valence-electron chi connectivity index (χ3n) is 8.13. The van der Waals surface area contributed by atoms with Crippen molar-refractivity contribution in [3.63, 3.8) is 0 Å². The van der Waals surface area contributed by atoms with Gasteiger partial charge in [0.05, 0.1) is 6.16 Å². The monoisotopic (exact) mass is 755 g/mol. The summed E-state index contributed by atoms with van der Waals surface area (Å²) in [5, 5.41) is 4.56. The highest BCUT2D eigenvalue weighted by atomic mass is 127. The Kier molecular flexibility index (Phi) is 16.7. The van der Waals surface area contributed by atoms with Crippen LogP contribution in [0.3, 0.4) is 0 Å². The Morgan fingerprint density at radius 1 is 0.605 bits per heavy atom. The molecule has 0 radical (unpaired) electrons. The van der Waals surface area contributed by atoms with E-state index in [0.29, 0.717) is 0 Å². The van der Waals surface area contributed by atoms with Crippen molar-refractivity contribution in [3.8, 4) is 0 Å². The standard InChI is InChI=1S/C34H47NP.2HI/c1-2-28-35(31-20-10-6-11-21-31)29-18-4-3-5-19-30-36(32-22-12-7-13-23-32,33-24-14-8-15-25-33)34-26-16-9-17-27-34;;/h7-9,12-17,22-27,31H,2-6,10-11,18-21,28-30H2,1H3;2*1H/q+1;;/p-1. The molecule has 0 amide bonds.